The lowest BCUT2D eigenvalue weighted by Crippen LogP contribution is -2.59. The van der Waals surface area contributed by atoms with Gasteiger partial charge in [0.25, 0.3) is 0 Å². The zero-order valence-electron chi connectivity index (χ0n) is 11.5. The molecule has 1 rings (SSSR count). The van der Waals surface area contributed by atoms with Crippen LogP contribution >= 0.6 is 0 Å². The van der Waals surface area contributed by atoms with Crippen molar-refractivity contribution in [1.82, 2.24) is 10.2 Å². The summed E-state index contributed by atoms with van der Waals surface area (Å²) in [4.78, 5) is 13.8. The number of carbonyl (C=O) groups excluding carboxylic acids is 1. The Bertz CT molecular complexity index is 251. The molecular formula is C13H27N3O. The van der Waals surface area contributed by atoms with E-state index >= 15 is 0 Å². The average Bonchev–Trinajstić information content (AvgIpc) is 2.70. The number of hydrogen-bond donors (Lipinski definition) is 2. The van der Waals surface area contributed by atoms with Gasteiger partial charge in [-0.3, -0.25) is 4.79 Å². The Morgan fingerprint density at radius 3 is 2.53 bits per heavy atom. The minimum Gasteiger partial charge on any atom is -0.368 e. The smallest absolute Gasteiger partial charge is 0.238 e. The molecule has 0 bridgehead atoms. The number of likely N-dealkylation sites (N-methyl/N-ethyl adjacent to an activating group) is 2. The quantitative estimate of drug-likeness (QED) is 0.698. The number of nitrogens with one attached hydrogen (secondary N) is 1. The SMILES string of the molecule is CCNC(C)(CN(C)CC1CCCC1)C(N)=O. The minimum atomic E-state index is -0.609. The van der Waals surface area contributed by atoms with E-state index in [0.29, 0.717) is 6.54 Å². The Hall–Kier alpha value is -0.610. The maximum atomic E-state index is 11.5. The molecule has 0 saturated heterocycles. The molecule has 0 radical (unpaired) electrons. The molecule has 17 heavy (non-hydrogen) atoms. The zero-order valence-corrected chi connectivity index (χ0v) is 11.5. The van der Waals surface area contributed by atoms with Crippen molar-refractivity contribution in [3.8, 4) is 0 Å². The van der Waals surface area contributed by atoms with Gasteiger partial charge in [0.05, 0.1) is 0 Å². The van der Waals surface area contributed by atoms with Crippen molar-refractivity contribution in [2.75, 3.05) is 26.7 Å². The van der Waals surface area contributed by atoms with Crippen molar-refractivity contribution in [3.05, 3.63) is 0 Å². The van der Waals surface area contributed by atoms with Crippen molar-refractivity contribution in [1.29, 1.82) is 0 Å². The highest BCUT2D eigenvalue weighted by molar-refractivity contribution is 5.84. The number of hydrogen-bond acceptors (Lipinski definition) is 3. The molecule has 0 aliphatic heterocycles. The van der Waals surface area contributed by atoms with E-state index < -0.39 is 5.54 Å². The van der Waals surface area contributed by atoms with E-state index in [2.05, 4.69) is 17.3 Å². The van der Waals surface area contributed by atoms with Crippen LogP contribution in [0.25, 0.3) is 0 Å². The second kappa shape index (κ2) is 6.36. The van der Waals surface area contributed by atoms with Crippen LogP contribution in [0.1, 0.15) is 39.5 Å². The van der Waals surface area contributed by atoms with Crippen LogP contribution in [-0.4, -0.2) is 43.0 Å². The number of carbonyl (C=O) groups is 1. The van der Waals surface area contributed by atoms with E-state index in [0.717, 1.165) is 19.0 Å². The lowest BCUT2D eigenvalue weighted by molar-refractivity contribution is -0.124. The van der Waals surface area contributed by atoms with E-state index in [1.807, 2.05) is 13.8 Å². The molecule has 100 valence electrons. The highest BCUT2D eigenvalue weighted by Crippen LogP contribution is 2.25. The lowest BCUT2D eigenvalue weighted by Gasteiger charge is -2.32. The normalized spacial score (nSPS) is 20.7. The number of primary amides is 1. The Labute approximate surface area is 105 Å². The fourth-order valence-corrected chi connectivity index (χ4v) is 2.85. The fraction of sp³-hybridized carbons (Fsp3) is 0.923. The summed E-state index contributed by atoms with van der Waals surface area (Å²) in [5, 5.41) is 3.20. The third kappa shape index (κ3) is 4.28. The van der Waals surface area contributed by atoms with Gasteiger partial charge in [-0.25, -0.2) is 0 Å². The largest absolute Gasteiger partial charge is 0.368 e. The van der Waals surface area contributed by atoms with Crippen molar-refractivity contribution >= 4 is 5.91 Å². The predicted molar refractivity (Wildman–Crippen MR) is 70.7 cm³/mol. The fourth-order valence-electron chi connectivity index (χ4n) is 2.85. The molecule has 1 fully saturated rings. The molecule has 1 amide bonds. The molecule has 1 unspecified atom stereocenters. The first kappa shape index (κ1) is 14.5. The van der Waals surface area contributed by atoms with E-state index in [1.165, 1.54) is 25.7 Å². The second-order valence-corrected chi connectivity index (χ2v) is 5.57. The Morgan fingerprint density at radius 2 is 2.06 bits per heavy atom. The van der Waals surface area contributed by atoms with E-state index in [9.17, 15) is 4.79 Å². The number of amides is 1. The number of rotatable bonds is 7. The molecule has 1 atom stereocenters. The van der Waals surface area contributed by atoms with Gasteiger partial charge < -0.3 is 16.0 Å². The first-order chi connectivity index (χ1) is 7.98. The molecule has 0 spiro atoms. The molecule has 1 aliphatic carbocycles. The first-order valence-corrected chi connectivity index (χ1v) is 6.71. The van der Waals surface area contributed by atoms with Crippen molar-refractivity contribution in [2.45, 2.75) is 45.1 Å². The van der Waals surface area contributed by atoms with Crippen LogP contribution in [0.3, 0.4) is 0 Å². The second-order valence-electron chi connectivity index (χ2n) is 5.57. The molecule has 1 saturated carbocycles. The van der Waals surface area contributed by atoms with Gasteiger partial charge in [-0.15, -0.1) is 0 Å². The summed E-state index contributed by atoms with van der Waals surface area (Å²) in [6.45, 7) is 6.42. The van der Waals surface area contributed by atoms with Gasteiger partial charge in [-0.2, -0.15) is 0 Å². The molecule has 4 nitrogen and oxygen atoms in total. The molecule has 0 aromatic rings. The standard InChI is InChI=1S/C13H27N3O/c1-4-15-13(2,12(14)17)10-16(3)9-11-7-5-6-8-11/h11,15H,4-10H2,1-3H3,(H2,14,17). The van der Waals surface area contributed by atoms with E-state index in [1.54, 1.807) is 0 Å². The molecular weight excluding hydrogens is 214 g/mol. The Morgan fingerprint density at radius 1 is 1.47 bits per heavy atom. The highest BCUT2D eigenvalue weighted by atomic mass is 16.1. The van der Waals surface area contributed by atoms with Gasteiger partial charge in [0.15, 0.2) is 0 Å². The average molecular weight is 241 g/mol. The van der Waals surface area contributed by atoms with E-state index in [4.69, 9.17) is 5.73 Å². The summed E-state index contributed by atoms with van der Waals surface area (Å²) < 4.78 is 0. The summed E-state index contributed by atoms with van der Waals surface area (Å²) >= 11 is 0. The number of nitrogens with two attached hydrogens (primary N) is 1. The van der Waals surface area contributed by atoms with Gasteiger partial charge in [-0.1, -0.05) is 19.8 Å². The van der Waals surface area contributed by atoms with Gasteiger partial charge in [0.2, 0.25) is 5.91 Å². The third-order valence-electron chi connectivity index (χ3n) is 3.74. The Balaban J connectivity index is 2.45. The molecule has 1 aliphatic rings. The molecule has 4 heteroatoms. The predicted octanol–water partition coefficient (Wildman–Crippen LogP) is 0.962. The van der Waals surface area contributed by atoms with Gasteiger partial charge >= 0.3 is 0 Å². The van der Waals surface area contributed by atoms with Crippen LogP contribution in [0.15, 0.2) is 0 Å². The molecule has 0 aromatic carbocycles. The van der Waals surface area contributed by atoms with Crippen LogP contribution in [0.2, 0.25) is 0 Å². The molecule has 0 heterocycles. The summed E-state index contributed by atoms with van der Waals surface area (Å²) in [5.74, 6) is 0.538. The van der Waals surface area contributed by atoms with Crippen LogP contribution in [0.5, 0.6) is 0 Å². The summed E-state index contributed by atoms with van der Waals surface area (Å²) in [6, 6.07) is 0. The lowest BCUT2D eigenvalue weighted by atomic mass is 9.99. The monoisotopic (exact) mass is 241 g/mol. The summed E-state index contributed by atoms with van der Waals surface area (Å²) in [7, 11) is 2.08. The van der Waals surface area contributed by atoms with Crippen molar-refractivity contribution < 1.29 is 4.79 Å². The topological polar surface area (TPSA) is 58.4 Å². The summed E-state index contributed by atoms with van der Waals surface area (Å²) in [5.41, 5.74) is 4.88. The number of nitrogens with zero attached hydrogens (tertiary/aromatic N) is 1. The van der Waals surface area contributed by atoms with Crippen LogP contribution in [-0.2, 0) is 4.79 Å². The molecule has 3 N–H and O–H groups in total. The van der Waals surface area contributed by atoms with Crippen LogP contribution in [0, 0.1) is 5.92 Å². The molecule has 0 aromatic heterocycles. The highest BCUT2D eigenvalue weighted by Gasteiger charge is 2.32. The maximum Gasteiger partial charge on any atom is 0.238 e. The maximum absolute atomic E-state index is 11.5. The van der Waals surface area contributed by atoms with Crippen molar-refractivity contribution in [2.24, 2.45) is 11.7 Å². The first-order valence-electron chi connectivity index (χ1n) is 6.71. The summed E-state index contributed by atoms with van der Waals surface area (Å²) in [6.07, 6.45) is 5.38. The van der Waals surface area contributed by atoms with E-state index in [-0.39, 0.29) is 5.91 Å². The minimum absolute atomic E-state index is 0.266. The van der Waals surface area contributed by atoms with Crippen LogP contribution in [0.4, 0.5) is 0 Å². The van der Waals surface area contributed by atoms with Gasteiger partial charge in [-0.05, 0) is 39.3 Å². The Kier molecular flexibility index (Phi) is 5.40. The van der Waals surface area contributed by atoms with Crippen molar-refractivity contribution in [3.63, 3.8) is 0 Å². The van der Waals surface area contributed by atoms with Gasteiger partial charge in [0.1, 0.15) is 5.54 Å². The zero-order chi connectivity index (χ0) is 12.9. The van der Waals surface area contributed by atoms with Gasteiger partial charge in [0, 0.05) is 13.1 Å². The third-order valence-corrected chi connectivity index (χ3v) is 3.74. The van der Waals surface area contributed by atoms with Crippen LogP contribution < -0.4 is 11.1 Å².